The minimum Gasteiger partial charge on any atom is -0.506 e. The summed E-state index contributed by atoms with van der Waals surface area (Å²) in [5.41, 5.74) is 5.89. The molecule has 96 valence electrons. The molecule has 0 amide bonds. The van der Waals surface area contributed by atoms with E-state index in [4.69, 9.17) is 10.5 Å². The van der Waals surface area contributed by atoms with Crippen molar-refractivity contribution in [3.05, 3.63) is 18.2 Å². The number of ether oxygens (including phenoxy) is 1. The third kappa shape index (κ3) is 5.48. The van der Waals surface area contributed by atoms with E-state index in [0.29, 0.717) is 18.0 Å². The molecular weight excluding hydrogens is 214 g/mol. The normalized spacial score (nSPS) is 10.4. The Morgan fingerprint density at radius 1 is 1.12 bits per heavy atom. The van der Waals surface area contributed by atoms with Crippen molar-refractivity contribution in [2.75, 3.05) is 12.3 Å². The van der Waals surface area contributed by atoms with E-state index in [1.54, 1.807) is 18.2 Å². The third-order valence-corrected chi connectivity index (χ3v) is 2.77. The Bertz CT molecular complexity index is 326. The molecule has 0 aliphatic carbocycles. The van der Waals surface area contributed by atoms with E-state index < -0.39 is 0 Å². The van der Waals surface area contributed by atoms with E-state index in [9.17, 15) is 5.11 Å². The molecule has 17 heavy (non-hydrogen) atoms. The van der Waals surface area contributed by atoms with E-state index in [1.807, 2.05) is 0 Å². The molecule has 1 aromatic rings. The van der Waals surface area contributed by atoms with Crippen LogP contribution in [0, 0.1) is 0 Å². The fourth-order valence-electron chi connectivity index (χ4n) is 1.69. The highest BCUT2D eigenvalue weighted by atomic mass is 16.5. The second-order valence-electron chi connectivity index (χ2n) is 4.34. The molecule has 3 nitrogen and oxygen atoms in total. The van der Waals surface area contributed by atoms with Gasteiger partial charge in [-0.2, -0.15) is 0 Å². The summed E-state index contributed by atoms with van der Waals surface area (Å²) in [7, 11) is 0. The zero-order valence-electron chi connectivity index (χ0n) is 10.6. The van der Waals surface area contributed by atoms with Gasteiger partial charge in [0, 0.05) is 6.07 Å². The molecule has 0 heterocycles. The standard InChI is InChI=1S/C14H23NO2/c1-2-3-4-5-6-7-10-17-12-8-9-13(15)14(16)11-12/h8-9,11,16H,2-7,10,15H2,1H3. The number of phenols is 1. The van der Waals surface area contributed by atoms with Crippen molar-refractivity contribution >= 4 is 5.69 Å². The smallest absolute Gasteiger partial charge is 0.142 e. The topological polar surface area (TPSA) is 55.5 Å². The van der Waals surface area contributed by atoms with Gasteiger partial charge in [-0.1, -0.05) is 39.0 Å². The van der Waals surface area contributed by atoms with Crippen LogP contribution >= 0.6 is 0 Å². The van der Waals surface area contributed by atoms with Gasteiger partial charge in [0.1, 0.15) is 11.5 Å². The van der Waals surface area contributed by atoms with Gasteiger partial charge < -0.3 is 15.6 Å². The predicted molar refractivity (Wildman–Crippen MR) is 71.4 cm³/mol. The van der Waals surface area contributed by atoms with Crippen LogP contribution in [0.4, 0.5) is 5.69 Å². The molecule has 0 atom stereocenters. The number of benzene rings is 1. The van der Waals surface area contributed by atoms with E-state index in [1.165, 1.54) is 32.1 Å². The minimum absolute atomic E-state index is 0.0884. The number of anilines is 1. The van der Waals surface area contributed by atoms with E-state index in [0.717, 1.165) is 6.42 Å². The lowest BCUT2D eigenvalue weighted by Gasteiger charge is -2.07. The molecule has 0 radical (unpaired) electrons. The van der Waals surface area contributed by atoms with Crippen LogP contribution in [0.2, 0.25) is 0 Å². The quantitative estimate of drug-likeness (QED) is 0.411. The fourth-order valence-corrected chi connectivity index (χ4v) is 1.69. The summed E-state index contributed by atoms with van der Waals surface area (Å²) in [6.07, 6.45) is 7.48. The number of rotatable bonds is 8. The van der Waals surface area contributed by atoms with Crippen LogP contribution in [-0.4, -0.2) is 11.7 Å². The molecule has 1 aromatic carbocycles. The number of phenolic OH excluding ortho intramolecular Hbond substituents is 1. The molecule has 0 aliphatic rings. The molecule has 0 aromatic heterocycles. The Labute approximate surface area is 104 Å². The summed E-state index contributed by atoms with van der Waals surface area (Å²) in [5.74, 6) is 0.774. The van der Waals surface area contributed by atoms with Crippen molar-refractivity contribution in [2.45, 2.75) is 45.4 Å². The highest BCUT2D eigenvalue weighted by molar-refractivity contribution is 5.54. The zero-order chi connectivity index (χ0) is 12.5. The summed E-state index contributed by atoms with van der Waals surface area (Å²) in [6.45, 7) is 2.92. The monoisotopic (exact) mass is 237 g/mol. The fraction of sp³-hybridized carbons (Fsp3) is 0.571. The highest BCUT2D eigenvalue weighted by Gasteiger charge is 1.99. The van der Waals surface area contributed by atoms with Crippen LogP contribution in [0.25, 0.3) is 0 Å². The van der Waals surface area contributed by atoms with Gasteiger partial charge >= 0.3 is 0 Å². The van der Waals surface area contributed by atoms with Gasteiger partial charge in [-0.25, -0.2) is 0 Å². The van der Waals surface area contributed by atoms with Gasteiger partial charge in [0.15, 0.2) is 0 Å². The first-order valence-electron chi connectivity index (χ1n) is 6.45. The third-order valence-electron chi connectivity index (χ3n) is 2.77. The molecule has 0 saturated carbocycles. The molecule has 3 heteroatoms. The van der Waals surface area contributed by atoms with Crippen LogP contribution in [0.15, 0.2) is 18.2 Å². The van der Waals surface area contributed by atoms with E-state index in [-0.39, 0.29) is 5.75 Å². The molecule has 0 fully saturated rings. The Kier molecular flexibility index (Phi) is 6.30. The first kappa shape index (κ1) is 13.7. The maximum Gasteiger partial charge on any atom is 0.142 e. The first-order valence-corrected chi connectivity index (χ1v) is 6.45. The van der Waals surface area contributed by atoms with Crippen LogP contribution in [-0.2, 0) is 0 Å². The number of aromatic hydroxyl groups is 1. The first-order chi connectivity index (χ1) is 8.24. The molecule has 3 N–H and O–H groups in total. The predicted octanol–water partition coefficient (Wildman–Crippen LogP) is 3.71. The number of hydrogen-bond donors (Lipinski definition) is 2. The zero-order valence-corrected chi connectivity index (χ0v) is 10.6. The maximum atomic E-state index is 9.39. The van der Waals surface area contributed by atoms with Gasteiger partial charge in [0.25, 0.3) is 0 Å². The van der Waals surface area contributed by atoms with E-state index in [2.05, 4.69) is 6.92 Å². The minimum atomic E-state index is 0.0884. The number of nitrogens with two attached hydrogens (primary N) is 1. The second kappa shape index (κ2) is 7.82. The summed E-state index contributed by atoms with van der Waals surface area (Å²) in [5, 5.41) is 9.39. The SMILES string of the molecule is CCCCCCCCOc1ccc(N)c(O)c1. The summed E-state index contributed by atoms with van der Waals surface area (Å²) < 4.78 is 5.53. The van der Waals surface area contributed by atoms with Gasteiger partial charge in [-0.3, -0.25) is 0 Å². The molecule has 0 aliphatic heterocycles. The summed E-state index contributed by atoms with van der Waals surface area (Å²) >= 11 is 0. The largest absolute Gasteiger partial charge is 0.506 e. The van der Waals surface area contributed by atoms with Crippen molar-refractivity contribution in [3.8, 4) is 11.5 Å². The number of nitrogen functional groups attached to an aromatic ring is 1. The lowest BCUT2D eigenvalue weighted by molar-refractivity contribution is 0.303. The summed E-state index contributed by atoms with van der Waals surface area (Å²) in [4.78, 5) is 0. The Balaban J connectivity index is 2.11. The van der Waals surface area contributed by atoms with Crippen molar-refractivity contribution in [3.63, 3.8) is 0 Å². The second-order valence-corrected chi connectivity index (χ2v) is 4.34. The van der Waals surface area contributed by atoms with Crippen molar-refractivity contribution in [1.82, 2.24) is 0 Å². The lowest BCUT2D eigenvalue weighted by Crippen LogP contribution is -1.97. The number of hydrogen-bond acceptors (Lipinski definition) is 3. The van der Waals surface area contributed by atoms with Crippen molar-refractivity contribution in [2.24, 2.45) is 0 Å². The molecule has 0 bridgehead atoms. The Hall–Kier alpha value is -1.38. The molecule has 1 rings (SSSR count). The van der Waals surface area contributed by atoms with Gasteiger partial charge in [-0.05, 0) is 18.6 Å². The molecule has 0 saturated heterocycles. The highest BCUT2D eigenvalue weighted by Crippen LogP contribution is 2.25. The lowest BCUT2D eigenvalue weighted by atomic mass is 10.1. The molecule has 0 spiro atoms. The van der Waals surface area contributed by atoms with Gasteiger partial charge in [0.2, 0.25) is 0 Å². The van der Waals surface area contributed by atoms with Crippen molar-refractivity contribution in [1.29, 1.82) is 0 Å². The Morgan fingerprint density at radius 3 is 2.53 bits per heavy atom. The van der Waals surface area contributed by atoms with Crippen LogP contribution in [0.5, 0.6) is 11.5 Å². The van der Waals surface area contributed by atoms with Gasteiger partial charge in [-0.15, -0.1) is 0 Å². The number of unbranched alkanes of at least 4 members (excludes halogenated alkanes) is 5. The maximum absolute atomic E-state index is 9.39. The summed E-state index contributed by atoms with van der Waals surface area (Å²) in [6, 6.07) is 5.00. The van der Waals surface area contributed by atoms with Crippen LogP contribution < -0.4 is 10.5 Å². The van der Waals surface area contributed by atoms with Crippen LogP contribution in [0.3, 0.4) is 0 Å². The van der Waals surface area contributed by atoms with Crippen LogP contribution in [0.1, 0.15) is 45.4 Å². The van der Waals surface area contributed by atoms with Gasteiger partial charge in [0.05, 0.1) is 12.3 Å². The average molecular weight is 237 g/mol. The Morgan fingerprint density at radius 2 is 1.82 bits per heavy atom. The molecule has 0 unspecified atom stereocenters. The van der Waals surface area contributed by atoms with E-state index >= 15 is 0 Å². The molecular formula is C14H23NO2. The average Bonchev–Trinajstić information content (AvgIpc) is 2.32. The van der Waals surface area contributed by atoms with Crippen molar-refractivity contribution < 1.29 is 9.84 Å².